The number of hydrogen-bond acceptors (Lipinski definition) is 6. The Labute approximate surface area is 179 Å². The summed E-state index contributed by atoms with van der Waals surface area (Å²) in [5, 5.41) is 29.6. The van der Waals surface area contributed by atoms with E-state index in [9.17, 15) is 69.2 Å². The third-order valence-corrected chi connectivity index (χ3v) is 1.84. The fraction of sp³-hybridized carbons (Fsp3) is 0.400. The zero-order valence-electron chi connectivity index (χ0n) is 15.7. The fourth-order valence-electron chi connectivity index (χ4n) is 0.799. The molecule has 0 N–H and O–H groups in total. The van der Waals surface area contributed by atoms with E-state index in [2.05, 4.69) is 0 Å². The summed E-state index contributed by atoms with van der Waals surface area (Å²) in [7, 11) is 0. The molecule has 31 heavy (non-hydrogen) atoms. The third kappa shape index (κ3) is 23.7. The van der Waals surface area contributed by atoms with Gasteiger partial charge in [-0.1, -0.05) is 0 Å². The number of halogens is 9. The molecule has 0 heterocycles. The van der Waals surface area contributed by atoms with E-state index in [1.165, 1.54) is 0 Å². The number of allylic oxidation sites excluding steroid dienone is 6. The minimum absolute atomic E-state index is 0. The van der Waals surface area contributed by atoms with Crippen molar-refractivity contribution in [3.63, 3.8) is 0 Å². The first kappa shape index (κ1) is 35.9. The second-order valence-electron chi connectivity index (χ2n) is 4.85. The van der Waals surface area contributed by atoms with Gasteiger partial charge in [-0.05, 0) is 56.3 Å². The quantitative estimate of drug-likeness (QED) is 0.252. The Balaban J connectivity index is -0.000000174. The Morgan fingerprint density at radius 3 is 0.677 bits per heavy atom. The molecule has 0 aromatic rings. The first-order valence-electron chi connectivity index (χ1n) is 6.91. The summed E-state index contributed by atoms with van der Waals surface area (Å²) in [6, 6.07) is 0. The molecule has 174 valence electrons. The Kier molecular flexibility index (Phi) is 16.8. The van der Waals surface area contributed by atoms with Crippen molar-refractivity contribution < 1.29 is 69.2 Å². The van der Waals surface area contributed by atoms with Crippen LogP contribution in [0.4, 0.5) is 39.5 Å². The van der Waals surface area contributed by atoms with Crippen molar-refractivity contribution in [2.75, 3.05) is 0 Å². The molecule has 0 aliphatic heterocycles. The van der Waals surface area contributed by atoms with Gasteiger partial charge in [-0.2, -0.15) is 39.5 Å². The maximum absolute atomic E-state index is 11.3. The van der Waals surface area contributed by atoms with Crippen LogP contribution in [0.1, 0.15) is 20.8 Å². The molecule has 16 heteroatoms. The van der Waals surface area contributed by atoms with E-state index < -0.39 is 53.2 Å². The zero-order valence-corrected chi connectivity index (χ0v) is 16.8. The summed E-state index contributed by atoms with van der Waals surface area (Å²) < 4.78 is 101. The van der Waals surface area contributed by atoms with Crippen molar-refractivity contribution in [1.82, 2.24) is 0 Å². The summed E-state index contributed by atoms with van der Waals surface area (Å²) >= 11 is 0. The molecule has 0 spiro atoms. The number of carbonyl (C=O) groups is 3. The van der Waals surface area contributed by atoms with Crippen LogP contribution in [0.2, 0.25) is 0 Å². The van der Waals surface area contributed by atoms with Gasteiger partial charge in [0.2, 0.25) is 0 Å². The molecular formula is C15H12AlF9O6. The second-order valence-corrected chi connectivity index (χ2v) is 4.85. The van der Waals surface area contributed by atoms with Crippen LogP contribution in [0.15, 0.2) is 35.5 Å². The molecule has 0 rings (SSSR count). The average Bonchev–Trinajstić information content (AvgIpc) is 2.43. The standard InChI is InChI=1S/3C5H5F3O2.Al/c3*1-3(9)2-4(10)5(6,7)8;/h3*2,10H,1H3;/q;;;+3/p-3/b3*4-2+;. The predicted molar refractivity (Wildman–Crippen MR) is 80.2 cm³/mol. The van der Waals surface area contributed by atoms with Gasteiger partial charge in [-0.15, -0.1) is 0 Å². The molecule has 0 atom stereocenters. The number of alkyl halides is 9. The molecule has 0 radical (unpaired) electrons. The number of rotatable bonds is 3. The van der Waals surface area contributed by atoms with Crippen LogP contribution in [-0.2, 0) is 14.4 Å². The average molecular weight is 486 g/mol. The summed E-state index contributed by atoms with van der Waals surface area (Å²) in [6.07, 6.45) is -14.7. The summed E-state index contributed by atoms with van der Waals surface area (Å²) in [5.74, 6) is -9.04. The van der Waals surface area contributed by atoms with Gasteiger partial charge in [0.15, 0.2) is 17.3 Å². The number of hydrogen-bond donors (Lipinski definition) is 0. The van der Waals surface area contributed by atoms with Crippen LogP contribution in [0.5, 0.6) is 0 Å². The van der Waals surface area contributed by atoms with Crippen molar-refractivity contribution in [3.8, 4) is 0 Å². The number of carbonyl (C=O) groups excluding carboxylic acids is 3. The van der Waals surface area contributed by atoms with Gasteiger partial charge in [0.05, 0.1) is 0 Å². The van der Waals surface area contributed by atoms with Gasteiger partial charge in [-0.3, -0.25) is 14.4 Å². The van der Waals surface area contributed by atoms with Crippen molar-refractivity contribution in [2.45, 2.75) is 39.3 Å². The predicted octanol–water partition coefficient (Wildman–Crippen LogP) is 0.765. The molecule has 0 saturated heterocycles. The van der Waals surface area contributed by atoms with Crippen LogP contribution in [-0.4, -0.2) is 53.2 Å². The Morgan fingerprint density at radius 2 is 0.645 bits per heavy atom. The normalized spacial score (nSPS) is 13.0. The number of ketones is 3. The Hall–Kier alpha value is -2.47. The molecule has 6 nitrogen and oxygen atoms in total. The molecule has 0 aliphatic carbocycles. The van der Waals surface area contributed by atoms with Crippen molar-refractivity contribution in [1.29, 1.82) is 0 Å². The zero-order chi connectivity index (χ0) is 25.1. The first-order valence-corrected chi connectivity index (χ1v) is 6.91. The summed E-state index contributed by atoms with van der Waals surface area (Å²) in [5.41, 5.74) is 0. The fourth-order valence-corrected chi connectivity index (χ4v) is 0.799. The minimum Gasteiger partial charge on any atom is -0.869 e. The smallest absolute Gasteiger partial charge is 0.869 e. The van der Waals surface area contributed by atoms with Crippen LogP contribution in [0.3, 0.4) is 0 Å². The molecule has 0 unspecified atom stereocenters. The van der Waals surface area contributed by atoms with E-state index in [0.29, 0.717) is 0 Å². The van der Waals surface area contributed by atoms with E-state index >= 15 is 0 Å². The van der Waals surface area contributed by atoms with Gasteiger partial charge in [0, 0.05) is 0 Å². The molecule has 0 aliphatic rings. The van der Waals surface area contributed by atoms with Gasteiger partial charge in [0.25, 0.3) is 0 Å². The summed E-state index contributed by atoms with van der Waals surface area (Å²) in [6.45, 7) is 2.64. The maximum atomic E-state index is 11.3. The molecule has 0 aromatic heterocycles. The van der Waals surface area contributed by atoms with Crippen LogP contribution in [0.25, 0.3) is 0 Å². The molecule has 0 bridgehead atoms. The Morgan fingerprint density at radius 1 is 0.516 bits per heavy atom. The maximum Gasteiger partial charge on any atom is 3.00 e. The molecule has 0 saturated carbocycles. The monoisotopic (exact) mass is 486 g/mol. The minimum atomic E-state index is -4.92. The van der Waals surface area contributed by atoms with Crippen LogP contribution >= 0.6 is 0 Å². The van der Waals surface area contributed by atoms with Gasteiger partial charge in [-0.25, -0.2) is 0 Å². The first-order chi connectivity index (χ1) is 13.0. The van der Waals surface area contributed by atoms with E-state index in [1.807, 2.05) is 0 Å². The van der Waals surface area contributed by atoms with Crippen molar-refractivity contribution >= 4 is 34.7 Å². The molecule has 0 fully saturated rings. The molecule has 0 aromatic carbocycles. The SMILES string of the molecule is CC(=O)/C=C(/[O-])C(F)(F)F.CC(=O)/C=C(/[O-])C(F)(F)F.CC(=O)/C=C(/[O-])C(F)(F)F.[Al+3]. The van der Waals surface area contributed by atoms with Crippen molar-refractivity contribution in [3.05, 3.63) is 35.5 Å². The van der Waals surface area contributed by atoms with E-state index in [1.54, 1.807) is 0 Å². The van der Waals surface area contributed by atoms with E-state index in [4.69, 9.17) is 0 Å². The molecular weight excluding hydrogens is 474 g/mol. The van der Waals surface area contributed by atoms with Gasteiger partial charge >= 0.3 is 35.9 Å². The van der Waals surface area contributed by atoms with Gasteiger partial charge in [0.1, 0.15) is 0 Å². The van der Waals surface area contributed by atoms with Gasteiger partial charge < -0.3 is 15.3 Å². The van der Waals surface area contributed by atoms with Crippen molar-refractivity contribution in [2.24, 2.45) is 0 Å². The van der Waals surface area contributed by atoms with Crippen LogP contribution < -0.4 is 15.3 Å². The van der Waals surface area contributed by atoms with E-state index in [0.717, 1.165) is 20.8 Å². The Bertz CT molecular complexity index is 606. The van der Waals surface area contributed by atoms with Crippen LogP contribution in [0, 0.1) is 0 Å². The largest absolute Gasteiger partial charge is 3.00 e. The second kappa shape index (κ2) is 14.5. The van der Waals surface area contributed by atoms with E-state index in [-0.39, 0.29) is 35.6 Å². The summed E-state index contributed by atoms with van der Waals surface area (Å²) in [4.78, 5) is 29.8. The topological polar surface area (TPSA) is 120 Å². The third-order valence-electron chi connectivity index (χ3n) is 1.84. The molecule has 0 amide bonds.